The number of rotatable bonds is 8. The van der Waals surface area contributed by atoms with Crippen LogP contribution in [0.2, 0.25) is 5.02 Å². The maximum atomic E-state index is 13.1. The van der Waals surface area contributed by atoms with Crippen LogP contribution in [0.4, 0.5) is 11.4 Å². The zero-order chi connectivity index (χ0) is 23.5. The zero-order valence-corrected chi connectivity index (χ0v) is 20.3. The quantitative estimate of drug-likeness (QED) is 0.304. The van der Waals surface area contributed by atoms with Crippen molar-refractivity contribution in [2.24, 2.45) is 0 Å². The van der Waals surface area contributed by atoms with Gasteiger partial charge in [0, 0.05) is 18.1 Å². The lowest BCUT2D eigenvalue weighted by Gasteiger charge is -2.29. The molecule has 2 aromatic rings. The minimum atomic E-state index is -0.782. The van der Waals surface area contributed by atoms with E-state index >= 15 is 0 Å². The molecule has 0 atom stereocenters. The summed E-state index contributed by atoms with van der Waals surface area (Å²) in [5, 5.41) is 0.731. The minimum Gasteiger partial charge on any atom is -0.494 e. The van der Waals surface area contributed by atoms with E-state index in [0.29, 0.717) is 41.1 Å². The molecule has 32 heavy (non-hydrogen) atoms. The van der Waals surface area contributed by atoms with E-state index in [-0.39, 0.29) is 5.91 Å². The number of ether oxygens (including phenoxy) is 1. The Morgan fingerprint density at radius 3 is 2.47 bits per heavy atom. The van der Waals surface area contributed by atoms with E-state index in [0.717, 1.165) is 12.3 Å². The Balaban J connectivity index is 1.62. The summed E-state index contributed by atoms with van der Waals surface area (Å²) in [7, 11) is 4.08. The first-order chi connectivity index (χ1) is 15.1. The topological polar surface area (TPSA) is 40.4 Å². The Hall–Kier alpha value is -2.66. The second-order valence-electron chi connectivity index (χ2n) is 8.47. The van der Waals surface area contributed by atoms with Gasteiger partial charge in [-0.15, -0.1) is 0 Å². The van der Waals surface area contributed by atoms with Gasteiger partial charge in [0.1, 0.15) is 11.3 Å². The van der Waals surface area contributed by atoms with Crippen molar-refractivity contribution in [3.8, 4) is 5.75 Å². The van der Waals surface area contributed by atoms with Gasteiger partial charge < -0.3 is 14.5 Å². The number of hydrogen-bond acceptors (Lipinski definition) is 4. The van der Waals surface area contributed by atoms with Crippen molar-refractivity contribution in [1.29, 1.82) is 0 Å². The largest absolute Gasteiger partial charge is 0.494 e. The predicted molar refractivity (Wildman–Crippen MR) is 133 cm³/mol. The third-order valence-electron chi connectivity index (χ3n) is 5.35. The highest BCUT2D eigenvalue weighted by Crippen LogP contribution is 2.36. The summed E-state index contributed by atoms with van der Waals surface area (Å²) in [6.45, 7) is 12.9. The molecule has 1 amide bonds. The molecule has 0 saturated carbocycles. The van der Waals surface area contributed by atoms with Crippen molar-refractivity contribution in [3.05, 3.63) is 64.5 Å². The van der Waals surface area contributed by atoms with E-state index in [1.54, 1.807) is 18.2 Å². The molecule has 3 rings (SSSR count). The van der Waals surface area contributed by atoms with E-state index in [1.807, 2.05) is 45.0 Å². The van der Waals surface area contributed by atoms with Crippen LogP contribution in [0.3, 0.4) is 0 Å². The summed E-state index contributed by atoms with van der Waals surface area (Å²) in [6, 6.07) is 13.0. The van der Waals surface area contributed by atoms with Crippen LogP contribution in [-0.2, 0) is 11.3 Å². The van der Waals surface area contributed by atoms with E-state index < -0.39 is 5.54 Å². The molecule has 0 spiro atoms. The molecule has 1 aliphatic rings. The predicted octanol–water partition coefficient (Wildman–Crippen LogP) is 5.13. The number of thiocarbonyl (C=S) groups is 1. The highest BCUT2D eigenvalue weighted by molar-refractivity contribution is 7.80. The molecule has 168 valence electrons. The number of benzene rings is 2. The fourth-order valence-electron chi connectivity index (χ4n) is 3.63. The molecule has 1 heterocycles. The van der Waals surface area contributed by atoms with E-state index in [2.05, 4.69) is 21.9 Å². The number of halogens is 1. The smallest absolute Gasteiger partial charge is 0.258 e. The average molecular weight is 471 g/mol. The molecule has 8 heteroatoms. The summed E-state index contributed by atoms with van der Waals surface area (Å²) >= 11 is 11.8. The zero-order valence-electron chi connectivity index (χ0n) is 18.8. The van der Waals surface area contributed by atoms with Crippen LogP contribution in [0, 0.1) is 6.57 Å². The molecule has 1 saturated heterocycles. The summed E-state index contributed by atoms with van der Waals surface area (Å²) < 4.78 is 5.88. The van der Waals surface area contributed by atoms with Crippen molar-refractivity contribution >= 4 is 46.2 Å². The third kappa shape index (κ3) is 5.04. The fourth-order valence-corrected chi connectivity index (χ4v) is 4.36. The summed E-state index contributed by atoms with van der Waals surface area (Å²) in [5.41, 5.74) is 1.36. The Labute approximate surface area is 200 Å². The van der Waals surface area contributed by atoms with Crippen molar-refractivity contribution < 1.29 is 9.53 Å². The van der Waals surface area contributed by atoms with Gasteiger partial charge in [0.15, 0.2) is 5.11 Å². The Morgan fingerprint density at radius 2 is 1.88 bits per heavy atom. The molecule has 1 aliphatic heterocycles. The van der Waals surface area contributed by atoms with Gasteiger partial charge in [-0.25, -0.2) is 4.85 Å². The molecule has 0 aliphatic carbocycles. The average Bonchev–Trinajstić information content (AvgIpc) is 2.90. The molecule has 0 bridgehead atoms. The molecule has 6 nitrogen and oxygen atoms in total. The molecule has 0 aromatic heterocycles. The number of hydrogen-bond donors (Lipinski definition) is 0. The first-order valence-electron chi connectivity index (χ1n) is 10.3. The molecule has 1 fully saturated rings. The molecule has 0 radical (unpaired) electrons. The molecular weight excluding hydrogens is 444 g/mol. The van der Waals surface area contributed by atoms with Crippen molar-refractivity contribution in [1.82, 2.24) is 9.80 Å². The van der Waals surface area contributed by atoms with Gasteiger partial charge in [-0.3, -0.25) is 9.69 Å². The van der Waals surface area contributed by atoms with Gasteiger partial charge in [-0.2, -0.15) is 0 Å². The standard InChI is InChI=1S/C24H27ClN4O2S/c1-24(2)22(30)29(18-9-12-21(26-3)20(25)15-18)23(32)28(24)13-6-14-31-19-10-7-17(8-11-19)16-27(4)5/h7-12,15H,6,13-14,16H2,1-2,4-5H3. The Kier molecular flexibility index (Phi) is 7.40. The minimum absolute atomic E-state index is 0.119. The number of carbonyl (C=O) groups excluding carboxylic acids is 1. The second-order valence-corrected chi connectivity index (χ2v) is 9.24. The van der Waals surface area contributed by atoms with Gasteiger partial charge >= 0.3 is 0 Å². The SMILES string of the molecule is [C-]#[N+]c1ccc(N2C(=O)C(C)(C)N(CCCOc3ccc(CN(C)C)cc3)C2=S)cc1Cl. The number of nitrogens with zero attached hydrogens (tertiary/aromatic N) is 4. The normalized spacial score (nSPS) is 15.4. The monoisotopic (exact) mass is 470 g/mol. The van der Waals surface area contributed by atoms with E-state index in [4.69, 9.17) is 35.1 Å². The lowest BCUT2D eigenvalue weighted by Crippen LogP contribution is -2.44. The van der Waals surface area contributed by atoms with Crippen molar-refractivity contribution in [3.63, 3.8) is 0 Å². The number of carbonyl (C=O) groups is 1. The van der Waals surface area contributed by atoms with Crippen LogP contribution in [0.5, 0.6) is 5.75 Å². The first-order valence-corrected chi connectivity index (χ1v) is 11.1. The summed E-state index contributed by atoms with van der Waals surface area (Å²) in [6.07, 6.45) is 0.710. The van der Waals surface area contributed by atoms with Gasteiger partial charge in [0.05, 0.1) is 18.9 Å². The van der Waals surface area contributed by atoms with E-state index in [1.165, 1.54) is 10.5 Å². The Morgan fingerprint density at radius 1 is 1.19 bits per heavy atom. The van der Waals surface area contributed by atoms with E-state index in [9.17, 15) is 4.79 Å². The highest BCUT2D eigenvalue weighted by atomic mass is 35.5. The molecule has 0 unspecified atom stereocenters. The van der Waals surface area contributed by atoms with Crippen LogP contribution >= 0.6 is 23.8 Å². The fraction of sp³-hybridized carbons (Fsp3) is 0.375. The summed E-state index contributed by atoms with van der Waals surface area (Å²) in [5.74, 6) is 0.703. The van der Waals surface area contributed by atoms with Crippen LogP contribution in [0.15, 0.2) is 42.5 Å². The van der Waals surface area contributed by atoms with Gasteiger partial charge in [-0.1, -0.05) is 29.8 Å². The molecular formula is C24H27ClN4O2S. The maximum Gasteiger partial charge on any atom is 0.258 e. The van der Waals surface area contributed by atoms with Crippen molar-refractivity contribution in [2.75, 3.05) is 32.1 Å². The molecule has 2 aromatic carbocycles. The maximum absolute atomic E-state index is 13.1. The lowest BCUT2D eigenvalue weighted by atomic mass is 10.0. The van der Waals surface area contributed by atoms with Gasteiger partial charge in [-0.05, 0) is 76.4 Å². The van der Waals surface area contributed by atoms with Crippen LogP contribution in [-0.4, -0.2) is 53.6 Å². The first kappa shape index (κ1) is 24.0. The van der Waals surface area contributed by atoms with Gasteiger partial charge in [0.2, 0.25) is 5.69 Å². The lowest BCUT2D eigenvalue weighted by molar-refractivity contribution is -0.123. The number of amides is 1. The molecule has 0 N–H and O–H groups in total. The van der Waals surface area contributed by atoms with Gasteiger partial charge in [0.25, 0.3) is 5.91 Å². The summed E-state index contributed by atoms with van der Waals surface area (Å²) in [4.78, 5) is 22.0. The van der Waals surface area contributed by atoms with Crippen LogP contribution in [0.25, 0.3) is 4.85 Å². The Bertz CT molecular complexity index is 1050. The second kappa shape index (κ2) is 9.86. The van der Waals surface area contributed by atoms with Crippen LogP contribution < -0.4 is 9.64 Å². The third-order valence-corrected chi connectivity index (χ3v) is 6.06. The number of anilines is 1. The van der Waals surface area contributed by atoms with Crippen LogP contribution in [0.1, 0.15) is 25.8 Å². The highest BCUT2D eigenvalue weighted by Gasteiger charge is 2.49. The van der Waals surface area contributed by atoms with Crippen molar-refractivity contribution in [2.45, 2.75) is 32.4 Å².